The number of aliphatic hydroxyl groups excluding tert-OH is 1. The summed E-state index contributed by atoms with van der Waals surface area (Å²) < 4.78 is 10.5. The summed E-state index contributed by atoms with van der Waals surface area (Å²) >= 11 is 0. The van der Waals surface area contributed by atoms with Gasteiger partial charge < -0.3 is 25.6 Å². The summed E-state index contributed by atoms with van der Waals surface area (Å²) in [6, 6.07) is 2.73. The zero-order valence-electron chi connectivity index (χ0n) is 11.4. The zero-order valence-corrected chi connectivity index (χ0v) is 11.4. The Morgan fingerprint density at radius 2 is 2.00 bits per heavy atom. The summed E-state index contributed by atoms with van der Waals surface area (Å²) in [5.74, 6) is 0.969. The lowest BCUT2D eigenvalue weighted by Crippen LogP contribution is -2.42. The standard InChI is InChI=1S/C13H20N2O4/c1-8-4-12(19-3)9(5-11(8)18-2)6-15-13(17)10(14)7-16/h4-5,10,16H,6-7,14H2,1-3H3,(H,15,17). The molecular formula is C13H20N2O4. The molecule has 0 fully saturated rings. The number of aryl methyl sites for hydroxylation is 1. The first-order valence-corrected chi connectivity index (χ1v) is 5.89. The van der Waals surface area contributed by atoms with Crippen LogP contribution in [0, 0.1) is 6.92 Å². The molecule has 0 heterocycles. The molecule has 6 nitrogen and oxygen atoms in total. The van der Waals surface area contributed by atoms with E-state index in [0.717, 1.165) is 16.9 Å². The summed E-state index contributed by atoms with van der Waals surface area (Å²) in [4.78, 5) is 11.5. The van der Waals surface area contributed by atoms with Crippen LogP contribution in [0.5, 0.6) is 11.5 Å². The predicted molar refractivity (Wildman–Crippen MR) is 71.2 cm³/mol. The summed E-state index contributed by atoms with van der Waals surface area (Å²) in [5.41, 5.74) is 7.14. The first-order valence-electron chi connectivity index (χ1n) is 5.89. The molecule has 1 rings (SSSR count). The number of carbonyl (C=O) groups excluding carboxylic acids is 1. The largest absolute Gasteiger partial charge is 0.496 e. The minimum absolute atomic E-state index is 0.256. The Morgan fingerprint density at radius 1 is 1.37 bits per heavy atom. The van der Waals surface area contributed by atoms with E-state index in [4.69, 9.17) is 20.3 Å². The average Bonchev–Trinajstić information content (AvgIpc) is 2.44. The van der Waals surface area contributed by atoms with Crippen LogP contribution in [0.25, 0.3) is 0 Å². The molecule has 0 bridgehead atoms. The fraction of sp³-hybridized carbons (Fsp3) is 0.462. The number of benzene rings is 1. The van der Waals surface area contributed by atoms with Crippen molar-refractivity contribution in [3.8, 4) is 11.5 Å². The second kappa shape index (κ2) is 6.96. The van der Waals surface area contributed by atoms with Crippen LogP contribution < -0.4 is 20.5 Å². The molecule has 0 aliphatic heterocycles. The Morgan fingerprint density at radius 3 is 2.53 bits per heavy atom. The maximum Gasteiger partial charge on any atom is 0.239 e. The van der Waals surface area contributed by atoms with Gasteiger partial charge in [-0.15, -0.1) is 0 Å². The molecule has 0 spiro atoms. The molecule has 0 saturated carbocycles. The van der Waals surface area contributed by atoms with E-state index in [-0.39, 0.29) is 13.2 Å². The molecule has 0 aromatic heterocycles. The van der Waals surface area contributed by atoms with Crippen molar-refractivity contribution in [1.82, 2.24) is 5.32 Å². The fourth-order valence-corrected chi connectivity index (χ4v) is 1.65. The number of ether oxygens (including phenoxy) is 2. The molecule has 1 unspecified atom stereocenters. The minimum atomic E-state index is -0.918. The summed E-state index contributed by atoms with van der Waals surface area (Å²) in [7, 11) is 3.14. The van der Waals surface area contributed by atoms with Crippen LogP contribution in [-0.4, -0.2) is 37.9 Å². The fourth-order valence-electron chi connectivity index (χ4n) is 1.65. The molecule has 4 N–H and O–H groups in total. The van der Waals surface area contributed by atoms with Gasteiger partial charge >= 0.3 is 0 Å². The quantitative estimate of drug-likeness (QED) is 0.672. The van der Waals surface area contributed by atoms with E-state index in [2.05, 4.69) is 5.32 Å². The molecular weight excluding hydrogens is 248 g/mol. The summed E-state index contributed by atoms with van der Waals surface area (Å²) in [6.45, 7) is 1.78. The maximum absolute atomic E-state index is 11.5. The van der Waals surface area contributed by atoms with Crippen LogP contribution in [0.15, 0.2) is 12.1 Å². The number of rotatable bonds is 6. The second-order valence-corrected chi connectivity index (χ2v) is 4.14. The molecule has 1 aromatic carbocycles. The minimum Gasteiger partial charge on any atom is -0.496 e. The SMILES string of the molecule is COc1cc(CNC(=O)C(N)CO)c(OC)cc1C. The van der Waals surface area contributed by atoms with Crippen LogP contribution in [0.1, 0.15) is 11.1 Å². The smallest absolute Gasteiger partial charge is 0.239 e. The number of aliphatic hydroxyl groups is 1. The lowest BCUT2D eigenvalue weighted by molar-refractivity contribution is -0.123. The third-order valence-electron chi connectivity index (χ3n) is 2.78. The summed E-state index contributed by atoms with van der Waals surface area (Å²) in [6.07, 6.45) is 0. The molecule has 0 aliphatic carbocycles. The molecule has 106 valence electrons. The third kappa shape index (κ3) is 3.84. The molecule has 1 atom stereocenters. The summed E-state index contributed by atoms with van der Waals surface area (Å²) in [5, 5.41) is 11.4. The van der Waals surface area contributed by atoms with E-state index < -0.39 is 11.9 Å². The van der Waals surface area contributed by atoms with Crippen LogP contribution in [-0.2, 0) is 11.3 Å². The number of methoxy groups -OCH3 is 2. The van der Waals surface area contributed by atoms with Gasteiger partial charge in [0.2, 0.25) is 5.91 Å². The Kier molecular flexibility index (Phi) is 5.59. The van der Waals surface area contributed by atoms with Gasteiger partial charge in [-0.05, 0) is 24.6 Å². The highest BCUT2D eigenvalue weighted by molar-refractivity contribution is 5.81. The number of nitrogens with two attached hydrogens (primary N) is 1. The van der Waals surface area contributed by atoms with Gasteiger partial charge in [0.15, 0.2) is 0 Å². The van der Waals surface area contributed by atoms with Crippen molar-refractivity contribution in [3.63, 3.8) is 0 Å². The highest BCUT2D eigenvalue weighted by atomic mass is 16.5. The van der Waals surface area contributed by atoms with Gasteiger partial charge in [0, 0.05) is 12.1 Å². The Balaban J connectivity index is 2.85. The topological polar surface area (TPSA) is 93.8 Å². The van der Waals surface area contributed by atoms with Crippen LogP contribution in [0.2, 0.25) is 0 Å². The Bertz CT molecular complexity index is 449. The number of hydrogen-bond donors (Lipinski definition) is 3. The van der Waals surface area contributed by atoms with Gasteiger partial charge in [0.25, 0.3) is 0 Å². The number of nitrogens with one attached hydrogen (secondary N) is 1. The first-order chi connectivity index (χ1) is 9.03. The zero-order chi connectivity index (χ0) is 14.4. The van der Waals surface area contributed by atoms with Crippen LogP contribution in [0.3, 0.4) is 0 Å². The van der Waals surface area contributed by atoms with E-state index in [1.807, 2.05) is 13.0 Å². The number of amides is 1. The Labute approximate surface area is 112 Å². The van der Waals surface area contributed by atoms with Gasteiger partial charge in [-0.1, -0.05) is 0 Å². The predicted octanol–water partition coefficient (Wildman–Crippen LogP) is -0.0520. The van der Waals surface area contributed by atoms with Crippen molar-refractivity contribution in [2.45, 2.75) is 19.5 Å². The van der Waals surface area contributed by atoms with E-state index in [0.29, 0.717) is 5.75 Å². The van der Waals surface area contributed by atoms with Crippen molar-refractivity contribution in [2.24, 2.45) is 5.73 Å². The normalized spacial score (nSPS) is 11.8. The number of hydrogen-bond acceptors (Lipinski definition) is 5. The van der Waals surface area contributed by atoms with Gasteiger partial charge in [-0.2, -0.15) is 0 Å². The molecule has 6 heteroatoms. The molecule has 19 heavy (non-hydrogen) atoms. The molecule has 1 amide bonds. The van der Waals surface area contributed by atoms with Gasteiger partial charge in [0.05, 0.1) is 20.8 Å². The molecule has 0 aliphatic rings. The number of carbonyl (C=O) groups is 1. The van der Waals surface area contributed by atoms with Crippen molar-refractivity contribution < 1.29 is 19.4 Å². The van der Waals surface area contributed by atoms with Crippen molar-refractivity contribution in [2.75, 3.05) is 20.8 Å². The van der Waals surface area contributed by atoms with Gasteiger partial charge in [-0.3, -0.25) is 4.79 Å². The van der Waals surface area contributed by atoms with Crippen LogP contribution >= 0.6 is 0 Å². The van der Waals surface area contributed by atoms with E-state index in [9.17, 15) is 4.79 Å². The third-order valence-corrected chi connectivity index (χ3v) is 2.78. The average molecular weight is 268 g/mol. The monoisotopic (exact) mass is 268 g/mol. The van der Waals surface area contributed by atoms with Crippen LogP contribution in [0.4, 0.5) is 0 Å². The lowest BCUT2D eigenvalue weighted by atomic mass is 10.1. The van der Waals surface area contributed by atoms with Crippen molar-refractivity contribution >= 4 is 5.91 Å². The maximum atomic E-state index is 11.5. The second-order valence-electron chi connectivity index (χ2n) is 4.14. The molecule has 0 saturated heterocycles. The Hall–Kier alpha value is -1.79. The van der Waals surface area contributed by atoms with Crippen molar-refractivity contribution in [3.05, 3.63) is 23.3 Å². The van der Waals surface area contributed by atoms with Crippen molar-refractivity contribution in [1.29, 1.82) is 0 Å². The van der Waals surface area contributed by atoms with E-state index in [1.54, 1.807) is 20.3 Å². The lowest BCUT2D eigenvalue weighted by Gasteiger charge is -2.14. The van der Waals surface area contributed by atoms with E-state index >= 15 is 0 Å². The van der Waals surface area contributed by atoms with Gasteiger partial charge in [-0.25, -0.2) is 0 Å². The highest BCUT2D eigenvalue weighted by Crippen LogP contribution is 2.28. The molecule has 1 aromatic rings. The van der Waals surface area contributed by atoms with Gasteiger partial charge in [0.1, 0.15) is 17.5 Å². The molecule has 0 radical (unpaired) electrons. The first kappa shape index (κ1) is 15.3. The highest BCUT2D eigenvalue weighted by Gasteiger charge is 2.14. The van der Waals surface area contributed by atoms with E-state index in [1.165, 1.54) is 0 Å².